The van der Waals surface area contributed by atoms with Gasteiger partial charge >= 0.3 is 0 Å². The van der Waals surface area contributed by atoms with E-state index in [1.165, 1.54) is 0 Å². The summed E-state index contributed by atoms with van der Waals surface area (Å²) >= 11 is 0. The van der Waals surface area contributed by atoms with Crippen LogP contribution in [0.4, 0.5) is 0 Å². The molecule has 0 spiro atoms. The first-order valence-corrected chi connectivity index (χ1v) is 24.3. The largest absolute Gasteiger partial charge is 0.458 e. The summed E-state index contributed by atoms with van der Waals surface area (Å²) in [5.74, 6) is 1.51. The fraction of sp³-hybridized carbons (Fsp3) is 0.182. The number of hydrogen-bond donors (Lipinski definition) is 0. The van der Waals surface area contributed by atoms with Gasteiger partial charge in [0.1, 0.15) is 17.3 Å². The lowest BCUT2D eigenvalue weighted by atomic mass is 9.78. The van der Waals surface area contributed by atoms with E-state index in [9.17, 15) is 2.74 Å². The van der Waals surface area contributed by atoms with E-state index in [4.69, 9.17) is 16.6 Å². The molecule has 0 amide bonds. The molecule has 0 aliphatic carbocycles. The van der Waals surface area contributed by atoms with Crippen LogP contribution in [0, 0.1) is 12.2 Å². The lowest BCUT2D eigenvalue weighted by molar-refractivity contribution is -0.571. The van der Waals surface area contributed by atoms with Crippen molar-refractivity contribution in [1.29, 1.82) is 0 Å². The van der Waals surface area contributed by atoms with Gasteiger partial charge in [0.05, 0.1) is 40.3 Å². The van der Waals surface area contributed by atoms with Crippen LogP contribution in [0.3, 0.4) is 0 Å². The third kappa shape index (κ3) is 8.82. The van der Waals surface area contributed by atoms with Gasteiger partial charge in [-0.05, 0) is 128 Å². The topological polar surface area (TPSA) is 35.9 Å². The van der Waals surface area contributed by atoms with Crippen molar-refractivity contribution in [2.24, 2.45) is 5.92 Å². The molecule has 0 fully saturated rings. The summed E-state index contributed by atoms with van der Waals surface area (Å²) in [6.07, 6.45) is 3.87. The molecule has 11 aromatic rings. The van der Waals surface area contributed by atoms with E-state index in [-0.39, 0.29) is 34.4 Å². The molecule has 0 aliphatic heterocycles. The van der Waals surface area contributed by atoms with Gasteiger partial charge in [-0.3, -0.25) is 13.7 Å². The van der Waals surface area contributed by atoms with Gasteiger partial charge in [-0.1, -0.05) is 189 Å². The molecule has 0 atom stereocenters. The monoisotopic (exact) mass is 932 g/mol. The van der Waals surface area contributed by atoms with Crippen molar-refractivity contribution >= 4 is 32.8 Å². The quantitative estimate of drug-likeness (QED) is 0.101. The maximum atomic E-state index is 9.35. The number of hydrogen-bond acceptors (Lipinski definition) is 2. The molecule has 5 heteroatoms. The Bertz CT molecular complexity index is 4100. The molecule has 3 aromatic heterocycles. The van der Waals surface area contributed by atoms with E-state index in [1.807, 2.05) is 108 Å². The Kier molecular flexibility index (Phi) is 9.62. The molecule has 3 heterocycles. The van der Waals surface area contributed by atoms with Crippen LogP contribution in [0.1, 0.15) is 81.7 Å². The Labute approximate surface area is 428 Å². The van der Waals surface area contributed by atoms with Gasteiger partial charge in [0.15, 0.2) is 0 Å². The second kappa shape index (κ2) is 18.1. The molecule has 0 saturated carbocycles. The molecule has 350 valence electrons. The molecule has 0 bridgehead atoms. The normalized spacial score (nSPS) is 13.7. The minimum Gasteiger partial charge on any atom is -0.458 e. The SMILES string of the molecule is [2H]c1c([2H])c([2H])c(-c2cccc(-c3cc(C(C)(C)C)cc(C(C)(C)C)c3)c2-[n+]2[c-]n(-c3cccc(Oc4ccc5c6ccccc6n(-c6cc(C([2H])([2H])C(C)C)ccn6)c5c4)c3)c3ccc(-c4ccccc4)cc32)c([2H])c1[2H]. The van der Waals surface area contributed by atoms with Crippen molar-refractivity contribution in [3.63, 3.8) is 0 Å². The maximum absolute atomic E-state index is 9.35. The first kappa shape index (κ1) is 37.8. The number of rotatable bonds is 10. The lowest BCUT2D eigenvalue weighted by Gasteiger charge is -2.27. The average molecular weight is 932 g/mol. The molecule has 0 saturated heterocycles. The van der Waals surface area contributed by atoms with Crippen molar-refractivity contribution < 1.29 is 18.9 Å². The van der Waals surface area contributed by atoms with Crippen LogP contribution in [0.15, 0.2) is 200 Å². The Morgan fingerprint density at radius 3 is 2.03 bits per heavy atom. The number of benzene rings is 8. The summed E-state index contributed by atoms with van der Waals surface area (Å²) in [5.41, 5.74) is 11.4. The van der Waals surface area contributed by atoms with Crippen LogP contribution in [0.2, 0.25) is 0 Å². The standard InChI is InChI=1S/C66H60N4O/c1-44(2)35-45-33-34-67-63(36-45)70-59-28-16-15-25-57(59)58-31-30-54(42-61(58)70)71-53-24-17-23-52(41-53)68-43-69(62-39-48(29-32-60(62)68)46-19-11-9-12-20-46)64-55(47-21-13-10-14-22-47)26-18-27-56(64)49-37-50(65(3,4)5)40-51(38-49)66(6,7)8/h9-34,36-42,44H,35H2,1-8H3/i10D,13D,14D,21D,22D,35D2. The van der Waals surface area contributed by atoms with Crippen molar-refractivity contribution in [3.8, 4) is 62.1 Å². The number of para-hydroxylation sites is 2. The van der Waals surface area contributed by atoms with Crippen molar-refractivity contribution in [3.05, 3.63) is 223 Å². The predicted octanol–water partition coefficient (Wildman–Crippen LogP) is 16.8. The van der Waals surface area contributed by atoms with Crippen LogP contribution in [0.5, 0.6) is 11.5 Å². The summed E-state index contributed by atoms with van der Waals surface area (Å²) in [5, 5.41) is 2.04. The number of pyridine rings is 1. The van der Waals surface area contributed by atoms with E-state index in [0.717, 1.165) is 71.9 Å². The highest BCUT2D eigenvalue weighted by molar-refractivity contribution is 6.09. The molecule has 71 heavy (non-hydrogen) atoms. The fourth-order valence-corrected chi connectivity index (χ4v) is 9.58. The Morgan fingerprint density at radius 1 is 0.592 bits per heavy atom. The second-order valence-electron chi connectivity index (χ2n) is 20.7. The third-order valence-electron chi connectivity index (χ3n) is 13.2. The zero-order valence-corrected chi connectivity index (χ0v) is 41.4. The van der Waals surface area contributed by atoms with Gasteiger partial charge in [-0.2, -0.15) is 0 Å². The fourth-order valence-electron chi connectivity index (χ4n) is 9.58. The van der Waals surface area contributed by atoms with Crippen LogP contribution < -0.4 is 9.30 Å². The van der Waals surface area contributed by atoms with E-state index in [2.05, 4.69) is 125 Å². The Hall–Kier alpha value is -8.02. The van der Waals surface area contributed by atoms with Gasteiger partial charge in [0.2, 0.25) is 0 Å². The summed E-state index contributed by atoms with van der Waals surface area (Å²) in [7, 11) is 0. The van der Waals surface area contributed by atoms with Crippen molar-refractivity contribution in [2.45, 2.75) is 72.6 Å². The Morgan fingerprint density at radius 2 is 1.28 bits per heavy atom. The molecule has 0 unspecified atom stereocenters. The molecule has 0 radical (unpaired) electrons. The highest BCUT2D eigenvalue weighted by Crippen LogP contribution is 2.40. The molecule has 11 rings (SSSR count). The molecular weight excluding hydrogens is 865 g/mol. The van der Waals surface area contributed by atoms with Crippen LogP contribution >= 0.6 is 0 Å². The van der Waals surface area contributed by atoms with E-state index in [1.54, 1.807) is 12.3 Å². The summed E-state index contributed by atoms with van der Waals surface area (Å²) in [4.78, 5) is 4.78. The first-order valence-electron chi connectivity index (χ1n) is 27.8. The zero-order valence-electron chi connectivity index (χ0n) is 48.4. The van der Waals surface area contributed by atoms with E-state index >= 15 is 0 Å². The number of imidazole rings is 1. The minimum absolute atomic E-state index is 0.0909. The maximum Gasteiger partial charge on any atom is 0.269 e. The first-order chi connectivity index (χ1) is 37.1. The molecule has 5 nitrogen and oxygen atoms in total. The third-order valence-corrected chi connectivity index (χ3v) is 13.2. The highest BCUT2D eigenvalue weighted by Gasteiger charge is 2.25. The number of fused-ring (bicyclic) bond motifs is 4. The molecular formula is C66H60N4O. The summed E-state index contributed by atoms with van der Waals surface area (Å²) in [6.45, 7) is 17.0. The molecule has 0 N–H and O–H groups in total. The van der Waals surface area contributed by atoms with E-state index < -0.39 is 24.5 Å². The van der Waals surface area contributed by atoms with Crippen LogP contribution in [-0.4, -0.2) is 14.1 Å². The van der Waals surface area contributed by atoms with Gasteiger partial charge in [0.25, 0.3) is 6.33 Å². The van der Waals surface area contributed by atoms with Crippen molar-refractivity contribution in [2.75, 3.05) is 0 Å². The van der Waals surface area contributed by atoms with Crippen LogP contribution in [-0.2, 0) is 17.2 Å². The van der Waals surface area contributed by atoms with Crippen LogP contribution in [0.25, 0.3) is 83.4 Å². The number of aromatic nitrogens is 4. The van der Waals surface area contributed by atoms with E-state index in [0.29, 0.717) is 34.1 Å². The van der Waals surface area contributed by atoms with Gasteiger partial charge < -0.3 is 4.74 Å². The summed E-state index contributed by atoms with van der Waals surface area (Å²) in [6, 6.07) is 52.6. The minimum atomic E-state index is -1.56. The van der Waals surface area contributed by atoms with Gasteiger partial charge in [-0.25, -0.2) is 4.98 Å². The van der Waals surface area contributed by atoms with Gasteiger partial charge in [0, 0.05) is 25.8 Å². The Balaban J connectivity index is 1.12. The van der Waals surface area contributed by atoms with Crippen molar-refractivity contribution in [1.82, 2.24) is 14.1 Å². The summed E-state index contributed by atoms with van der Waals surface area (Å²) < 4.78 is 75.6. The zero-order chi connectivity index (χ0) is 55.2. The number of nitrogens with zero attached hydrogens (tertiary/aromatic N) is 4. The predicted molar refractivity (Wildman–Crippen MR) is 295 cm³/mol. The smallest absolute Gasteiger partial charge is 0.269 e. The molecule has 8 aromatic carbocycles. The second-order valence-corrected chi connectivity index (χ2v) is 20.7. The lowest BCUT2D eigenvalue weighted by Crippen LogP contribution is -2.31. The highest BCUT2D eigenvalue weighted by atomic mass is 16.5. The van der Waals surface area contributed by atoms with Gasteiger partial charge in [-0.15, -0.1) is 0 Å². The average Bonchev–Trinajstić information content (AvgIpc) is 4.19. The molecule has 0 aliphatic rings. The number of ether oxygens (including phenoxy) is 1.